The normalized spacial score (nSPS) is 13.7. The van der Waals surface area contributed by atoms with E-state index in [2.05, 4.69) is 32.7 Å². The van der Waals surface area contributed by atoms with Crippen LogP contribution in [-0.2, 0) is 4.79 Å². The summed E-state index contributed by atoms with van der Waals surface area (Å²) in [7, 11) is 0. The second-order valence-corrected chi connectivity index (χ2v) is 7.57. The Morgan fingerprint density at radius 1 is 1.17 bits per heavy atom. The molecule has 1 aromatic heterocycles. The van der Waals surface area contributed by atoms with Gasteiger partial charge in [0.15, 0.2) is 0 Å². The number of anilines is 1. The monoisotopic (exact) mass is 398 g/mol. The van der Waals surface area contributed by atoms with Gasteiger partial charge in [-0.3, -0.25) is 4.79 Å². The second-order valence-electron chi connectivity index (χ2n) is 5.86. The van der Waals surface area contributed by atoms with Crippen molar-refractivity contribution in [3.63, 3.8) is 0 Å². The van der Waals surface area contributed by atoms with E-state index >= 15 is 0 Å². The predicted octanol–water partition coefficient (Wildman–Crippen LogP) is 5.59. The summed E-state index contributed by atoms with van der Waals surface area (Å²) in [4.78, 5) is 16.7. The van der Waals surface area contributed by atoms with Gasteiger partial charge in [-0.25, -0.2) is 4.98 Å². The molecule has 1 aliphatic carbocycles. The first kappa shape index (κ1) is 15.5. The summed E-state index contributed by atoms with van der Waals surface area (Å²) in [6.07, 6.45) is 2.01. The maximum atomic E-state index is 11.9. The molecule has 2 aromatic carbocycles. The molecule has 1 aliphatic rings. The molecular weight excluding hydrogens is 384 g/mol. The Kier molecular flexibility index (Phi) is 4.21. The van der Waals surface area contributed by atoms with Crippen LogP contribution in [0.25, 0.3) is 21.8 Å². The quantitative estimate of drug-likeness (QED) is 0.622. The first-order chi connectivity index (χ1) is 11.7. The third-order valence-electron chi connectivity index (χ3n) is 3.98. The third-order valence-corrected chi connectivity index (χ3v) is 5.56. The summed E-state index contributed by atoms with van der Waals surface area (Å²) in [5.41, 5.74) is 3.89. The van der Waals surface area contributed by atoms with Crippen molar-refractivity contribution in [3.8, 4) is 21.8 Å². The maximum absolute atomic E-state index is 11.9. The Morgan fingerprint density at radius 3 is 2.79 bits per heavy atom. The number of hydrogen-bond donors (Lipinski definition) is 1. The van der Waals surface area contributed by atoms with Gasteiger partial charge in [0.2, 0.25) is 5.91 Å². The first-order valence-corrected chi connectivity index (χ1v) is 9.50. The Morgan fingerprint density at radius 2 is 2.00 bits per heavy atom. The van der Waals surface area contributed by atoms with Crippen LogP contribution in [0.15, 0.2) is 58.4 Å². The molecule has 0 radical (unpaired) electrons. The number of thiazole rings is 1. The summed E-state index contributed by atoms with van der Waals surface area (Å²) in [5, 5.41) is 6.00. The van der Waals surface area contributed by atoms with Crippen molar-refractivity contribution in [1.29, 1.82) is 0 Å². The molecule has 1 N–H and O–H groups in total. The lowest BCUT2D eigenvalue weighted by molar-refractivity contribution is -0.117. The predicted molar refractivity (Wildman–Crippen MR) is 102 cm³/mol. The fraction of sp³-hybridized carbons (Fsp3) is 0.158. The molecule has 1 saturated carbocycles. The number of aromatic nitrogens is 1. The van der Waals surface area contributed by atoms with Gasteiger partial charge < -0.3 is 5.32 Å². The van der Waals surface area contributed by atoms with Crippen LogP contribution in [0.4, 0.5) is 5.69 Å². The van der Waals surface area contributed by atoms with Gasteiger partial charge in [-0.1, -0.05) is 46.3 Å². The number of carbonyl (C=O) groups excluding carboxylic acids is 1. The summed E-state index contributed by atoms with van der Waals surface area (Å²) in [6, 6.07) is 16.0. The molecule has 0 aliphatic heterocycles. The molecule has 1 amide bonds. The third kappa shape index (κ3) is 3.28. The SMILES string of the molecule is O=C(Nc1cccc(-c2nc(-c3ccccc3Br)cs2)c1)C1CC1. The number of benzene rings is 2. The highest BCUT2D eigenvalue weighted by Crippen LogP contribution is 2.34. The molecule has 24 heavy (non-hydrogen) atoms. The van der Waals surface area contributed by atoms with Crippen LogP contribution in [0.3, 0.4) is 0 Å². The number of hydrogen-bond acceptors (Lipinski definition) is 3. The van der Waals surface area contributed by atoms with E-state index in [1.54, 1.807) is 11.3 Å². The molecule has 3 nitrogen and oxygen atoms in total. The van der Waals surface area contributed by atoms with Gasteiger partial charge in [-0.2, -0.15) is 0 Å². The van der Waals surface area contributed by atoms with Crippen LogP contribution in [0, 0.1) is 5.92 Å². The van der Waals surface area contributed by atoms with E-state index in [1.165, 1.54) is 0 Å². The summed E-state index contributed by atoms with van der Waals surface area (Å²) in [6.45, 7) is 0. The number of halogens is 1. The van der Waals surface area contributed by atoms with Crippen LogP contribution < -0.4 is 5.32 Å². The molecule has 0 unspecified atom stereocenters. The molecule has 5 heteroatoms. The fourth-order valence-electron chi connectivity index (χ4n) is 2.52. The highest BCUT2D eigenvalue weighted by atomic mass is 79.9. The molecule has 0 saturated heterocycles. The van der Waals surface area contributed by atoms with Gasteiger partial charge in [0.05, 0.1) is 5.69 Å². The Hall–Kier alpha value is -1.98. The molecule has 1 heterocycles. The van der Waals surface area contributed by atoms with Gasteiger partial charge in [-0.15, -0.1) is 11.3 Å². The molecule has 0 spiro atoms. The van der Waals surface area contributed by atoms with Crippen LogP contribution in [0.5, 0.6) is 0 Å². The first-order valence-electron chi connectivity index (χ1n) is 7.82. The van der Waals surface area contributed by atoms with Crippen LogP contribution in [0.2, 0.25) is 0 Å². The lowest BCUT2D eigenvalue weighted by Crippen LogP contribution is -2.13. The Bertz CT molecular complexity index is 902. The highest BCUT2D eigenvalue weighted by Gasteiger charge is 2.29. The van der Waals surface area contributed by atoms with E-state index in [9.17, 15) is 4.79 Å². The second kappa shape index (κ2) is 6.49. The van der Waals surface area contributed by atoms with Crippen molar-refractivity contribution in [1.82, 2.24) is 4.98 Å². The number of nitrogens with one attached hydrogen (secondary N) is 1. The fourth-order valence-corrected chi connectivity index (χ4v) is 3.82. The molecular formula is C19H15BrN2OS. The molecule has 3 aromatic rings. The molecule has 4 rings (SSSR count). The van der Waals surface area contributed by atoms with Gasteiger partial charge in [0.25, 0.3) is 0 Å². The van der Waals surface area contributed by atoms with E-state index < -0.39 is 0 Å². The Labute approximate surface area is 152 Å². The molecule has 0 atom stereocenters. The van der Waals surface area contributed by atoms with Crippen molar-refractivity contribution in [2.45, 2.75) is 12.8 Å². The lowest BCUT2D eigenvalue weighted by Gasteiger charge is -2.05. The average molecular weight is 399 g/mol. The minimum absolute atomic E-state index is 0.125. The number of rotatable bonds is 4. The van der Waals surface area contributed by atoms with Crippen molar-refractivity contribution in [2.75, 3.05) is 5.32 Å². The van der Waals surface area contributed by atoms with E-state index in [1.807, 2.05) is 42.5 Å². The van der Waals surface area contributed by atoms with E-state index in [0.29, 0.717) is 0 Å². The van der Waals surface area contributed by atoms with Crippen molar-refractivity contribution >= 4 is 38.9 Å². The summed E-state index contributed by atoms with van der Waals surface area (Å²) < 4.78 is 1.03. The van der Waals surface area contributed by atoms with Gasteiger partial charge in [0.1, 0.15) is 5.01 Å². The number of amides is 1. The van der Waals surface area contributed by atoms with Crippen LogP contribution in [-0.4, -0.2) is 10.9 Å². The molecule has 0 bridgehead atoms. The summed E-state index contributed by atoms with van der Waals surface area (Å²) in [5.74, 6) is 0.329. The van der Waals surface area contributed by atoms with E-state index in [-0.39, 0.29) is 11.8 Å². The van der Waals surface area contributed by atoms with Crippen molar-refractivity contribution in [2.24, 2.45) is 5.92 Å². The van der Waals surface area contributed by atoms with Gasteiger partial charge in [-0.05, 0) is 31.0 Å². The number of carbonyl (C=O) groups is 1. The largest absolute Gasteiger partial charge is 0.326 e. The molecule has 120 valence electrons. The minimum atomic E-state index is 0.125. The standard InChI is InChI=1S/C19H15BrN2OS/c20-16-7-2-1-6-15(16)17-11-24-19(22-17)13-4-3-5-14(10-13)21-18(23)12-8-9-12/h1-7,10-12H,8-9H2,(H,21,23). The zero-order valence-electron chi connectivity index (χ0n) is 12.8. The minimum Gasteiger partial charge on any atom is -0.326 e. The van der Waals surface area contributed by atoms with Crippen LogP contribution in [0.1, 0.15) is 12.8 Å². The van der Waals surface area contributed by atoms with E-state index in [4.69, 9.17) is 4.98 Å². The number of nitrogens with zero attached hydrogens (tertiary/aromatic N) is 1. The maximum Gasteiger partial charge on any atom is 0.227 e. The highest BCUT2D eigenvalue weighted by molar-refractivity contribution is 9.10. The van der Waals surface area contributed by atoms with E-state index in [0.717, 1.165) is 44.8 Å². The summed E-state index contributed by atoms with van der Waals surface area (Å²) >= 11 is 5.18. The Balaban J connectivity index is 1.60. The zero-order chi connectivity index (χ0) is 16.5. The van der Waals surface area contributed by atoms with Gasteiger partial charge in [0, 0.05) is 32.6 Å². The lowest BCUT2D eigenvalue weighted by atomic mass is 10.1. The zero-order valence-corrected chi connectivity index (χ0v) is 15.2. The smallest absolute Gasteiger partial charge is 0.227 e. The van der Waals surface area contributed by atoms with Crippen molar-refractivity contribution < 1.29 is 4.79 Å². The average Bonchev–Trinajstić information content (AvgIpc) is 3.33. The topological polar surface area (TPSA) is 42.0 Å². The van der Waals surface area contributed by atoms with Crippen LogP contribution >= 0.6 is 27.3 Å². The van der Waals surface area contributed by atoms with Gasteiger partial charge >= 0.3 is 0 Å². The molecule has 1 fully saturated rings. The van der Waals surface area contributed by atoms with Crippen molar-refractivity contribution in [3.05, 3.63) is 58.4 Å².